The van der Waals surface area contributed by atoms with Crippen LogP contribution in [-0.2, 0) is 14.3 Å². The minimum absolute atomic E-state index is 0.133. The molecular formula is C20H27N3O3. The lowest BCUT2D eigenvalue weighted by molar-refractivity contribution is -0.161. The van der Waals surface area contributed by atoms with Gasteiger partial charge in [-0.1, -0.05) is 24.3 Å². The summed E-state index contributed by atoms with van der Waals surface area (Å²) < 4.78 is 5.50. The van der Waals surface area contributed by atoms with Gasteiger partial charge in [-0.15, -0.1) is 0 Å². The molecule has 1 aliphatic heterocycles. The first kappa shape index (κ1) is 18.5. The fraction of sp³-hybridized carbons (Fsp3) is 0.500. The fourth-order valence-electron chi connectivity index (χ4n) is 3.49. The van der Waals surface area contributed by atoms with Gasteiger partial charge in [0.05, 0.1) is 11.4 Å². The van der Waals surface area contributed by atoms with Crippen molar-refractivity contribution in [1.29, 1.82) is 0 Å². The van der Waals surface area contributed by atoms with Crippen molar-refractivity contribution < 1.29 is 14.3 Å². The lowest BCUT2D eigenvalue weighted by Crippen LogP contribution is -2.48. The summed E-state index contributed by atoms with van der Waals surface area (Å²) in [6, 6.07) is 7.65. The molecule has 6 heteroatoms. The number of hydrogen-bond donors (Lipinski definition) is 1. The zero-order valence-electron chi connectivity index (χ0n) is 15.6. The van der Waals surface area contributed by atoms with Gasteiger partial charge in [-0.25, -0.2) is 10.9 Å². The maximum atomic E-state index is 12.9. The van der Waals surface area contributed by atoms with Gasteiger partial charge in [0.25, 0.3) is 5.91 Å². The molecular weight excluding hydrogens is 330 g/mol. The number of nitrogens with zero attached hydrogens (tertiary/aromatic N) is 2. The van der Waals surface area contributed by atoms with E-state index >= 15 is 0 Å². The van der Waals surface area contributed by atoms with Gasteiger partial charge in [0.1, 0.15) is 5.60 Å². The summed E-state index contributed by atoms with van der Waals surface area (Å²) in [6.45, 7) is 5.64. The number of hydrazine groups is 1. The Morgan fingerprint density at radius 3 is 2.54 bits per heavy atom. The van der Waals surface area contributed by atoms with Crippen LogP contribution in [0.25, 0.3) is 0 Å². The van der Waals surface area contributed by atoms with Gasteiger partial charge in [0, 0.05) is 12.6 Å². The lowest BCUT2D eigenvalue weighted by Gasteiger charge is -2.34. The average Bonchev–Trinajstić information content (AvgIpc) is 2.71. The van der Waals surface area contributed by atoms with Crippen LogP contribution in [0.2, 0.25) is 0 Å². The van der Waals surface area contributed by atoms with Gasteiger partial charge in [-0.2, -0.15) is 0 Å². The number of allylic oxidation sites excluding steroid dienone is 1. The number of esters is 1. The average molecular weight is 357 g/mol. The van der Waals surface area contributed by atoms with Crippen molar-refractivity contribution in [3.63, 3.8) is 0 Å². The normalized spacial score (nSPS) is 23.5. The largest absolute Gasteiger partial charge is 0.459 e. The minimum Gasteiger partial charge on any atom is -0.459 e. The summed E-state index contributed by atoms with van der Waals surface area (Å²) in [7, 11) is 0. The standard InChI is InChI=1S/C20H27N3O3/c1-20(2,3)26-19(25)15-13-22(14-9-5-4-6-10-14)16-11-7-8-12-17(16)23(21)18(15)24/h5,7-9,11-12,14-15H,4,6,10,13,21H2,1-3H3. The SMILES string of the molecule is CC(C)(C)OC(=O)C1CN(C2C=CCCC2)c2ccccc2N(N)C1=O. The predicted octanol–water partition coefficient (Wildman–Crippen LogP) is 2.78. The van der Waals surface area contributed by atoms with Gasteiger partial charge in [0.15, 0.2) is 5.92 Å². The second kappa shape index (κ2) is 7.11. The van der Waals surface area contributed by atoms with Crippen LogP contribution in [-0.4, -0.2) is 30.1 Å². The number of benzene rings is 1. The summed E-state index contributed by atoms with van der Waals surface area (Å²) in [5.41, 5.74) is 0.819. The molecule has 0 radical (unpaired) electrons. The molecule has 1 aliphatic carbocycles. The van der Waals surface area contributed by atoms with E-state index in [2.05, 4.69) is 17.1 Å². The molecule has 0 bridgehead atoms. The molecule has 1 aromatic rings. The second-order valence-electron chi connectivity index (χ2n) is 7.86. The maximum absolute atomic E-state index is 12.9. The van der Waals surface area contributed by atoms with Crippen molar-refractivity contribution in [1.82, 2.24) is 0 Å². The van der Waals surface area contributed by atoms with E-state index < -0.39 is 23.4 Å². The van der Waals surface area contributed by atoms with Gasteiger partial charge in [-0.3, -0.25) is 9.59 Å². The van der Waals surface area contributed by atoms with E-state index in [1.54, 1.807) is 20.8 Å². The van der Waals surface area contributed by atoms with E-state index in [9.17, 15) is 9.59 Å². The summed E-state index contributed by atoms with van der Waals surface area (Å²) >= 11 is 0. The highest BCUT2D eigenvalue weighted by atomic mass is 16.6. The molecule has 2 aliphatic rings. The molecule has 0 saturated heterocycles. The van der Waals surface area contributed by atoms with Crippen LogP contribution in [0.1, 0.15) is 40.0 Å². The predicted molar refractivity (Wildman–Crippen MR) is 102 cm³/mol. The molecule has 26 heavy (non-hydrogen) atoms. The Morgan fingerprint density at radius 2 is 1.92 bits per heavy atom. The van der Waals surface area contributed by atoms with Crippen molar-refractivity contribution in [2.24, 2.45) is 11.8 Å². The molecule has 3 rings (SSSR count). The first-order valence-electron chi connectivity index (χ1n) is 9.12. The van der Waals surface area contributed by atoms with Crippen molar-refractivity contribution in [2.75, 3.05) is 16.5 Å². The van der Waals surface area contributed by atoms with Crippen LogP contribution in [0.15, 0.2) is 36.4 Å². The molecule has 0 fully saturated rings. The van der Waals surface area contributed by atoms with Gasteiger partial charge in [0.2, 0.25) is 0 Å². The highest BCUT2D eigenvalue weighted by Crippen LogP contribution is 2.36. The van der Waals surface area contributed by atoms with Gasteiger partial charge >= 0.3 is 5.97 Å². The number of hydrogen-bond acceptors (Lipinski definition) is 5. The van der Waals surface area contributed by atoms with E-state index in [1.807, 2.05) is 24.3 Å². The zero-order valence-corrected chi connectivity index (χ0v) is 15.6. The molecule has 1 aromatic carbocycles. The van der Waals surface area contributed by atoms with Crippen molar-refractivity contribution >= 4 is 23.3 Å². The molecule has 0 aromatic heterocycles. The molecule has 0 saturated carbocycles. The van der Waals surface area contributed by atoms with Crippen LogP contribution < -0.4 is 15.8 Å². The van der Waals surface area contributed by atoms with Crippen LogP contribution >= 0.6 is 0 Å². The summed E-state index contributed by atoms with van der Waals surface area (Å²) in [4.78, 5) is 27.8. The summed E-state index contributed by atoms with van der Waals surface area (Å²) in [6.07, 6.45) is 7.43. The third-order valence-electron chi connectivity index (χ3n) is 4.69. The number of carbonyl (C=O) groups is 2. The highest BCUT2D eigenvalue weighted by molar-refractivity contribution is 6.08. The number of para-hydroxylation sites is 2. The van der Waals surface area contributed by atoms with Crippen LogP contribution in [0.5, 0.6) is 0 Å². The lowest BCUT2D eigenvalue weighted by atomic mass is 9.99. The fourth-order valence-corrected chi connectivity index (χ4v) is 3.49. The number of rotatable bonds is 2. The Labute approximate surface area is 154 Å². The number of carbonyl (C=O) groups excluding carboxylic acids is 2. The molecule has 140 valence electrons. The quantitative estimate of drug-likeness (QED) is 0.290. The number of amides is 1. The Bertz CT molecular complexity index is 723. The van der Waals surface area contributed by atoms with Crippen LogP contribution in [0.3, 0.4) is 0 Å². The maximum Gasteiger partial charge on any atom is 0.320 e. The summed E-state index contributed by atoms with van der Waals surface area (Å²) in [5, 5.41) is 1.09. The first-order valence-corrected chi connectivity index (χ1v) is 9.12. The van der Waals surface area contributed by atoms with Crippen molar-refractivity contribution in [3.8, 4) is 0 Å². The monoisotopic (exact) mass is 357 g/mol. The zero-order chi connectivity index (χ0) is 18.9. The summed E-state index contributed by atoms with van der Waals surface area (Å²) in [5.74, 6) is 4.18. The van der Waals surface area contributed by atoms with Gasteiger partial charge in [-0.05, 0) is 52.2 Å². The molecule has 2 atom stereocenters. The first-order chi connectivity index (χ1) is 12.3. The number of fused-ring (bicyclic) bond motifs is 1. The van der Waals surface area contributed by atoms with Crippen LogP contribution in [0, 0.1) is 5.92 Å². The molecule has 1 heterocycles. The van der Waals surface area contributed by atoms with Gasteiger partial charge < -0.3 is 9.64 Å². The molecule has 6 nitrogen and oxygen atoms in total. The van der Waals surface area contributed by atoms with E-state index in [0.717, 1.165) is 30.0 Å². The van der Waals surface area contributed by atoms with E-state index in [4.69, 9.17) is 10.6 Å². The smallest absolute Gasteiger partial charge is 0.320 e. The molecule has 2 unspecified atom stereocenters. The second-order valence-corrected chi connectivity index (χ2v) is 7.86. The Hall–Kier alpha value is -2.34. The molecule has 0 spiro atoms. The third kappa shape index (κ3) is 3.75. The van der Waals surface area contributed by atoms with Crippen molar-refractivity contribution in [3.05, 3.63) is 36.4 Å². The van der Waals surface area contributed by atoms with E-state index in [1.165, 1.54) is 0 Å². The molecule has 2 N–H and O–H groups in total. The topological polar surface area (TPSA) is 75.9 Å². The third-order valence-corrected chi connectivity index (χ3v) is 4.69. The van der Waals surface area contributed by atoms with Crippen LogP contribution in [0.4, 0.5) is 11.4 Å². The minimum atomic E-state index is -0.957. The van der Waals surface area contributed by atoms with E-state index in [-0.39, 0.29) is 12.6 Å². The van der Waals surface area contributed by atoms with E-state index in [0.29, 0.717) is 5.69 Å². The van der Waals surface area contributed by atoms with Crippen molar-refractivity contribution in [2.45, 2.75) is 51.7 Å². The Balaban J connectivity index is 2.00. The highest BCUT2D eigenvalue weighted by Gasteiger charge is 2.40. The number of anilines is 2. The Kier molecular flexibility index (Phi) is 5.05. The Morgan fingerprint density at radius 1 is 1.23 bits per heavy atom. The molecule has 1 amide bonds. The number of ether oxygens (including phenoxy) is 1. The number of nitrogens with two attached hydrogens (primary N) is 1.